The zero-order chi connectivity index (χ0) is 31.8. The minimum atomic E-state index is -5.11. The van der Waals surface area contributed by atoms with Crippen molar-refractivity contribution >= 4 is 49.7 Å². The molecule has 4 aromatic rings. The number of hydrogen-bond acceptors (Lipinski definition) is 18. The number of aromatic nitrogens is 8. The lowest BCUT2D eigenvalue weighted by molar-refractivity contribution is -0.0672. The van der Waals surface area contributed by atoms with Gasteiger partial charge in [0.1, 0.15) is 48.5 Å². The first-order chi connectivity index (χ1) is 21.3. The maximum Gasteiger partial charge on any atom is 0.472 e. The van der Waals surface area contributed by atoms with Crippen LogP contribution in [0.25, 0.3) is 22.3 Å². The first-order valence-electron chi connectivity index (χ1n) is 13.0. The fourth-order valence-electron chi connectivity index (χ4n) is 5.30. The first kappa shape index (κ1) is 30.2. The number of nitrogens with two attached hydrogens (primary N) is 2. The van der Waals surface area contributed by atoms with Crippen molar-refractivity contribution in [3.8, 4) is 0 Å². The van der Waals surface area contributed by atoms with Crippen LogP contribution in [0, 0.1) is 0 Å². The first-order valence-corrected chi connectivity index (χ1v) is 15.9. The molecule has 7 rings (SSSR count). The fraction of sp³-hybridized carbons (Fsp3) is 0.500. The van der Waals surface area contributed by atoms with Crippen molar-refractivity contribution in [2.45, 2.75) is 49.1 Å². The summed E-state index contributed by atoms with van der Waals surface area (Å²) in [5, 5.41) is 22.1. The Kier molecular flexibility index (Phi) is 7.27. The third-order valence-corrected chi connectivity index (χ3v) is 9.29. The van der Waals surface area contributed by atoms with Gasteiger partial charge in [-0.15, -0.1) is 0 Å². The lowest BCUT2D eigenvalue weighted by atomic mass is 10.1. The van der Waals surface area contributed by atoms with Crippen LogP contribution in [0.1, 0.15) is 12.5 Å². The summed E-state index contributed by atoms with van der Waals surface area (Å²) in [4.78, 5) is 55.8. The molecule has 0 saturated carbocycles. The van der Waals surface area contributed by atoms with Gasteiger partial charge >= 0.3 is 15.6 Å². The summed E-state index contributed by atoms with van der Waals surface area (Å²) < 4.78 is 61.0. The van der Waals surface area contributed by atoms with E-state index in [0.29, 0.717) is 0 Å². The highest BCUT2D eigenvalue weighted by molar-refractivity contribution is 7.47. The van der Waals surface area contributed by atoms with Crippen molar-refractivity contribution in [3.05, 3.63) is 29.3 Å². The molecule has 0 amide bonds. The van der Waals surface area contributed by atoms with Gasteiger partial charge in [0.25, 0.3) is 5.56 Å². The Morgan fingerprint density at radius 3 is 2.18 bits per heavy atom. The van der Waals surface area contributed by atoms with E-state index in [9.17, 15) is 33.9 Å². The Hall–Kier alpha value is -3.44. The molecule has 3 aliphatic heterocycles. The van der Waals surface area contributed by atoms with Gasteiger partial charge in [-0.1, -0.05) is 0 Å². The van der Waals surface area contributed by atoms with Crippen LogP contribution in [-0.4, -0.2) is 109 Å². The molecule has 25 heteroatoms. The lowest BCUT2D eigenvalue weighted by Crippen LogP contribution is -2.36. The average molecular weight is 674 g/mol. The molecule has 2 bridgehead atoms. The number of rotatable bonds is 2. The smallest absolute Gasteiger partial charge is 0.387 e. The molecule has 10 atom stereocenters. The molecular weight excluding hydrogens is 650 g/mol. The maximum absolute atomic E-state index is 13.2. The van der Waals surface area contributed by atoms with E-state index in [0.717, 1.165) is 17.2 Å². The zero-order valence-corrected chi connectivity index (χ0v) is 24.2. The van der Waals surface area contributed by atoms with Gasteiger partial charge in [-0.3, -0.25) is 37.0 Å². The van der Waals surface area contributed by atoms with Crippen molar-refractivity contribution in [1.29, 1.82) is 0 Å². The van der Waals surface area contributed by atoms with E-state index >= 15 is 0 Å². The molecule has 0 radical (unpaired) electrons. The summed E-state index contributed by atoms with van der Waals surface area (Å²) in [6.45, 7) is -1.65. The van der Waals surface area contributed by atoms with E-state index in [4.69, 9.17) is 39.0 Å². The van der Waals surface area contributed by atoms with Crippen molar-refractivity contribution in [2.24, 2.45) is 0 Å². The Morgan fingerprint density at radius 1 is 0.822 bits per heavy atom. The normalized spacial score (nSPS) is 37.7. The zero-order valence-electron chi connectivity index (χ0n) is 22.4. The standard InChI is InChI=1S/C20H24N10O13P2/c21-14-8-15(24-3-23-14)29(4-25-8)18-11(32)12-7(41-18)2-39-45(36,37)43-13-10(31)6(1-38-44(34,35)42-12)40-19(13)30-5-26-9-16(30)27-20(22)28-17(9)33/h3-7,10-13,18-19,31-32H,1-2H2,(H,34,35)(H,36,37)(H2,21,23,24)(H3,22,27,28,33). The van der Waals surface area contributed by atoms with E-state index in [1.54, 1.807) is 0 Å². The van der Waals surface area contributed by atoms with Gasteiger partial charge < -0.3 is 40.9 Å². The number of phosphoric ester groups is 2. The third-order valence-electron chi connectivity index (χ3n) is 7.32. The van der Waals surface area contributed by atoms with Gasteiger partial charge in [-0.2, -0.15) is 4.98 Å². The van der Waals surface area contributed by atoms with Gasteiger partial charge in [0.15, 0.2) is 35.1 Å². The molecule has 3 aliphatic rings. The van der Waals surface area contributed by atoms with Crippen LogP contribution in [-0.2, 0) is 36.7 Å². The van der Waals surface area contributed by atoms with E-state index in [1.807, 2.05) is 0 Å². The van der Waals surface area contributed by atoms with Crippen LogP contribution in [0.2, 0.25) is 0 Å². The molecular formula is C20H24N10O13P2. The highest BCUT2D eigenvalue weighted by Gasteiger charge is 2.54. The number of aliphatic hydroxyl groups excluding tert-OH is 2. The number of phosphoric acid groups is 2. The molecule has 23 nitrogen and oxygen atoms in total. The predicted octanol–water partition coefficient (Wildman–Crippen LogP) is -2.34. The Morgan fingerprint density at radius 2 is 1.44 bits per heavy atom. The molecule has 7 heterocycles. The number of hydrogen-bond donors (Lipinski definition) is 7. The number of imidazole rings is 2. The van der Waals surface area contributed by atoms with Crippen molar-refractivity contribution in [2.75, 3.05) is 24.7 Å². The number of nitrogens with one attached hydrogen (secondary N) is 1. The summed E-state index contributed by atoms with van der Waals surface area (Å²) in [6.07, 6.45) is -9.21. The summed E-state index contributed by atoms with van der Waals surface area (Å²) >= 11 is 0. The highest BCUT2D eigenvalue weighted by atomic mass is 31.2. The number of anilines is 2. The molecule has 242 valence electrons. The van der Waals surface area contributed by atoms with Gasteiger partial charge in [0.2, 0.25) is 5.95 Å². The van der Waals surface area contributed by atoms with E-state index in [-0.39, 0.29) is 34.1 Å². The molecule has 3 saturated heterocycles. The SMILES string of the molecule is Nc1nc2c(ncn2C2OC3COP(=O)(O)OC4C(COP(=O)(O)OC2C3O)OC(n2cnc3c(N)ncnc32)C4O)c(=O)[nH]1. The van der Waals surface area contributed by atoms with Crippen LogP contribution < -0.4 is 17.0 Å². The quantitative estimate of drug-likeness (QED) is 0.109. The minimum absolute atomic E-state index is 0.0343. The number of H-pyrrole nitrogens is 1. The average Bonchev–Trinajstić information content (AvgIpc) is 3.72. The van der Waals surface area contributed by atoms with Crippen LogP contribution in [0.15, 0.2) is 23.8 Å². The second-order valence-electron chi connectivity index (χ2n) is 10.1. The number of aromatic amines is 1. The summed E-state index contributed by atoms with van der Waals surface area (Å²) in [5.74, 6) is -0.250. The Balaban J connectivity index is 1.21. The fourth-order valence-corrected chi connectivity index (χ4v) is 7.19. The number of ether oxygens (including phenoxy) is 2. The van der Waals surface area contributed by atoms with Crippen LogP contribution in [0.4, 0.5) is 11.8 Å². The van der Waals surface area contributed by atoms with Crippen LogP contribution in [0.5, 0.6) is 0 Å². The number of fused-ring (bicyclic) bond motifs is 5. The van der Waals surface area contributed by atoms with Gasteiger partial charge in [0, 0.05) is 0 Å². The van der Waals surface area contributed by atoms with Crippen LogP contribution >= 0.6 is 15.6 Å². The molecule has 0 spiro atoms. The Labute approximate surface area is 248 Å². The summed E-state index contributed by atoms with van der Waals surface area (Å²) in [6, 6.07) is 0. The van der Waals surface area contributed by atoms with Gasteiger partial charge in [0.05, 0.1) is 25.9 Å². The molecule has 10 unspecified atom stereocenters. The number of nitrogen functional groups attached to an aromatic ring is 2. The third kappa shape index (κ3) is 5.31. The van der Waals surface area contributed by atoms with Gasteiger partial charge in [-0.05, 0) is 0 Å². The van der Waals surface area contributed by atoms with E-state index in [2.05, 4.69) is 29.9 Å². The van der Waals surface area contributed by atoms with E-state index < -0.39 is 83.5 Å². The lowest BCUT2D eigenvalue weighted by Gasteiger charge is -2.25. The summed E-state index contributed by atoms with van der Waals surface area (Å²) in [5.41, 5.74) is 10.8. The van der Waals surface area contributed by atoms with E-state index in [1.165, 1.54) is 10.9 Å². The molecule has 45 heavy (non-hydrogen) atoms. The topological polar surface area (TPSA) is 330 Å². The number of nitrogens with zero attached hydrogens (tertiary/aromatic N) is 7. The predicted molar refractivity (Wildman–Crippen MR) is 143 cm³/mol. The van der Waals surface area contributed by atoms with Crippen molar-refractivity contribution in [1.82, 2.24) is 39.0 Å². The summed E-state index contributed by atoms with van der Waals surface area (Å²) in [7, 11) is -10.2. The van der Waals surface area contributed by atoms with Crippen molar-refractivity contribution < 1.29 is 56.7 Å². The van der Waals surface area contributed by atoms with Crippen LogP contribution in [0.3, 0.4) is 0 Å². The molecule has 9 N–H and O–H groups in total. The maximum atomic E-state index is 13.2. The second-order valence-corrected chi connectivity index (χ2v) is 13.0. The monoisotopic (exact) mass is 674 g/mol. The van der Waals surface area contributed by atoms with Crippen molar-refractivity contribution in [3.63, 3.8) is 0 Å². The Bertz CT molecular complexity index is 1940. The second kappa shape index (κ2) is 10.8. The molecule has 0 aromatic carbocycles. The molecule has 3 fully saturated rings. The molecule has 4 aromatic heterocycles. The van der Waals surface area contributed by atoms with Gasteiger partial charge in [-0.25, -0.2) is 29.1 Å². The largest absolute Gasteiger partial charge is 0.472 e. The highest BCUT2D eigenvalue weighted by Crippen LogP contribution is 2.53. The minimum Gasteiger partial charge on any atom is -0.387 e. The molecule has 0 aliphatic carbocycles. The number of aliphatic hydroxyl groups is 2.